The summed E-state index contributed by atoms with van der Waals surface area (Å²) in [7, 11) is 2.11. The molecule has 0 saturated heterocycles. The third-order valence-corrected chi connectivity index (χ3v) is 3.56. The Balaban J connectivity index is 1.56. The van der Waals surface area contributed by atoms with E-state index in [4.69, 9.17) is 4.74 Å². The van der Waals surface area contributed by atoms with Crippen molar-refractivity contribution in [3.63, 3.8) is 0 Å². The lowest BCUT2D eigenvalue weighted by atomic mass is 10.4. The summed E-state index contributed by atoms with van der Waals surface area (Å²) >= 11 is 0. The van der Waals surface area contributed by atoms with Gasteiger partial charge in [0.05, 0.1) is 6.07 Å². The number of aromatic amines is 1. The topological polar surface area (TPSA) is 58.2 Å². The molecule has 0 aliphatic heterocycles. The Bertz CT molecular complexity index is 477. The highest BCUT2D eigenvalue weighted by Crippen LogP contribution is 2.37. The van der Waals surface area contributed by atoms with Gasteiger partial charge in [-0.1, -0.05) is 0 Å². The minimum absolute atomic E-state index is 0.113. The number of hydrogen-bond donors (Lipinski definition) is 1. The number of rotatable bonds is 6. The highest BCUT2D eigenvalue weighted by Gasteiger charge is 2.27. The number of nitrogens with zero attached hydrogens (tertiary/aromatic N) is 2. The number of H-pyrrole nitrogens is 1. The van der Waals surface area contributed by atoms with Crippen molar-refractivity contribution in [1.29, 1.82) is 0 Å². The van der Waals surface area contributed by atoms with Crippen molar-refractivity contribution in [3.05, 3.63) is 22.2 Å². The normalized spacial score (nSPS) is 19.2. The standard InChI is InChI=1S/C13H19N3O2/c1-16(10-4-5-10)6-7-18-12-8-11(17)14-13(15-12)9-2-3-9/h8-10H,2-7H2,1H3,(H,14,15,17). The Kier molecular flexibility index (Phi) is 3.07. The van der Waals surface area contributed by atoms with E-state index in [9.17, 15) is 4.79 Å². The third kappa shape index (κ3) is 2.90. The average Bonchev–Trinajstić information content (AvgIpc) is 3.17. The molecule has 1 aromatic heterocycles. The molecule has 0 unspecified atom stereocenters. The quantitative estimate of drug-likeness (QED) is 0.821. The van der Waals surface area contributed by atoms with Crippen LogP contribution in [0.1, 0.15) is 37.4 Å². The summed E-state index contributed by atoms with van der Waals surface area (Å²) in [5, 5.41) is 0. The molecule has 2 saturated carbocycles. The monoisotopic (exact) mass is 249 g/mol. The van der Waals surface area contributed by atoms with Gasteiger partial charge < -0.3 is 14.6 Å². The van der Waals surface area contributed by atoms with Gasteiger partial charge in [-0.25, -0.2) is 0 Å². The Morgan fingerprint density at radius 3 is 2.89 bits per heavy atom. The predicted molar refractivity (Wildman–Crippen MR) is 68.0 cm³/mol. The molecular formula is C13H19N3O2. The largest absolute Gasteiger partial charge is 0.476 e. The second-order valence-corrected chi connectivity index (χ2v) is 5.30. The zero-order chi connectivity index (χ0) is 12.5. The Morgan fingerprint density at radius 1 is 1.44 bits per heavy atom. The average molecular weight is 249 g/mol. The molecule has 2 aliphatic carbocycles. The van der Waals surface area contributed by atoms with Gasteiger partial charge in [0.25, 0.3) is 5.56 Å². The first kappa shape index (κ1) is 11.7. The second-order valence-electron chi connectivity index (χ2n) is 5.30. The maximum atomic E-state index is 11.5. The fourth-order valence-electron chi connectivity index (χ4n) is 2.07. The molecule has 2 aliphatic rings. The molecule has 1 heterocycles. The molecule has 1 aromatic rings. The molecule has 18 heavy (non-hydrogen) atoms. The summed E-state index contributed by atoms with van der Waals surface area (Å²) < 4.78 is 5.58. The van der Waals surface area contributed by atoms with Crippen LogP contribution in [0.5, 0.6) is 5.88 Å². The van der Waals surface area contributed by atoms with Gasteiger partial charge in [-0.3, -0.25) is 4.79 Å². The van der Waals surface area contributed by atoms with Gasteiger partial charge >= 0.3 is 0 Å². The third-order valence-electron chi connectivity index (χ3n) is 3.56. The lowest BCUT2D eigenvalue weighted by Gasteiger charge is -2.15. The van der Waals surface area contributed by atoms with Crippen LogP contribution in [0.15, 0.2) is 10.9 Å². The maximum absolute atomic E-state index is 11.5. The van der Waals surface area contributed by atoms with E-state index in [1.54, 1.807) is 0 Å². The summed E-state index contributed by atoms with van der Waals surface area (Å²) in [5.41, 5.74) is -0.113. The van der Waals surface area contributed by atoms with Gasteiger partial charge in [0, 0.05) is 18.5 Å². The summed E-state index contributed by atoms with van der Waals surface area (Å²) in [6.07, 6.45) is 4.84. The van der Waals surface area contributed by atoms with E-state index in [1.165, 1.54) is 18.9 Å². The van der Waals surface area contributed by atoms with Crippen LogP contribution in [0.2, 0.25) is 0 Å². The molecule has 0 amide bonds. The summed E-state index contributed by atoms with van der Waals surface area (Å²) in [5.74, 6) is 1.69. The fourth-order valence-corrected chi connectivity index (χ4v) is 2.07. The zero-order valence-electron chi connectivity index (χ0n) is 10.7. The van der Waals surface area contributed by atoms with Crippen molar-refractivity contribution in [2.24, 2.45) is 0 Å². The zero-order valence-corrected chi connectivity index (χ0v) is 10.7. The number of nitrogens with one attached hydrogen (secondary N) is 1. The van der Waals surface area contributed by atoms with Gasteiger partial charge in [0.2, 0.25) is 5.88 Å². The Hall–Kier alpha value is -1.36. The molecule has 0 bridgehead atoms. The van der Waals surface area contributed by atoms with E-state index in [0.29, 0.717) is 18.4 Å². The van der Waals surface area contributed by atoms with Crippen molar-refractivity contribution < 1.29 is 4.74 Å². The second kappa shape index (κ2) is 4.72. The first-order valence-corrected chi connectivity index (χ1v) is 6.66. The van der Waals surface area contributed by atoms with Gasteiger partial charge in [-0.15, -0.1) is 0 Å². The van der Waals surface area contributed by atoms with Crippen LogP contribution in [0.4, 0.5) is 0 Å². The first-order chi connectivity index (χ1) is 8.72. The summed E-state index contributed by atoms with van der Waals surface area (Å²) in [6, 6.07) is 2.17. The molecule has 2 fully saturated rings. The van der Waals surface area contributed by atoms with Crippen molar-refractivity contribution in [3.8, 4) is 5.88 Å². The summed E-state index contributed by atoms with van der Waals surface area (Å²) in [6.45, 7) is 1.48. The highest BCUT2D eigenvalue weighted by atomic mass is 16.5. The molecule has 3 rings (SSSR count). The van der Waals surface area contributed by atoms with Crippen LogP contribution in [-0.4, -0.2) is 41.1 Å². The predicted octanol–water partition coefficient (Wildman–Crippen LogP) is 1.12. The van der Waals surface area contributed by atoms with E-state index in [2.05, 4.69) is 21.9 Å². The van der Waals surface area contributed by atoms with E-state index < -0.39 is 0 Å². The molecule has 5 nitrogen and oxygen atoms in total. The minimum Gasteiger partial charge on any atom is -0.476 e. The van der Waals surface area contributed by atoms with Crippen molar-refractivity contribution >= 4 is 0 Å². The molecular weight excluding hydrogens is 230 g/mol. The van der Waals surface area contributed by atoms with E-state index >= 15 is 0 Å². The van der Waals surface area contributed by atoms with E-state index in [1.807, 2.05) is 0 Å². The van der Waals surface area contributed by atoms with Gasteiger partial charge in [-0.05, 0) is 32.7 Å². The Labute approximate surface area is 106 Å². The molecule has 0 atom stereocenters. The van der Waals surface area contributed by atoms with Crippen LogP contribution >= 0.6 is 0 Å². The molecule has 0 aromatic carbocycles. The molecule has 5 heteroatoms. The van der Waals surface area contributed by atoms with Crippen LogP contribution in [0.3, 0.4) is 0 Å². The van der Waals surface area contributed by atoms with Crippen LogP contribution in [-0.2, 0) is 0 Å². The van der Waals surface area contributed by atoms with Crippen molar-refractivity contribution in [2.45, 2.75) is 37.6 Å². The Morgan fingerprint density at radius 2 is 2.22 bits per heavy atom. The number of ether oxygens (including phenoxy) is 1. The van der Waals surface area contributed by atoms with Crippen LogP contribution in [0, 0.1) is 0 Å². The minimum atomic E-state index is -0.113. The summed E-state index contributed by atoms with van der Waals surface area (Å²) in [4.78, 5) is 20.9. The molecule has 0 radical (unpaired) electrons. The number of hydrogen-bond acceptors (Lipinski definition) is 4. The first-order valence-electron chi connectivity index (χ1n) is 6.66. The van der Waals surface area contributed by atoms with Gasteiger partial charge in [0.1, 0.15) is 12.4 Å². The highest BCUT2D eigenvalue weighted by molar-refractivity contribution is 5.14. The van der Waals surface area contributed by atoms with Gasteiger partial charge in [0.15, 0.2) is 0 Å². The molecule has 98 valence electrons. The lowest BCUT2D eigenvalue weighted by molar-refractivity contribution is 0.225. The van der Waals surface area contributed by atoms with E-state index in [0.717, 1.165) is 31.3 Å². The molecule has 0 spiro atoms. The smallest absolute Gasteiger partial charge is 0.254 e. The van der Waals surface area contributed by atoms with Crippen molar-refractivity contribution in [2.75, 3.05) is 20.2 Å². The SMILES string of the molecule is CN(CCOc1cc(=O)[nH]c(C2CC2)n1)C1CC1. The number of aromatic nitrogens is 2. The molecule has 1 N–H and O–H groups in total. The van der Waals surface area contributed by atoms with E-state index in [-0.39, 0.29) is 5.56 Å². The fraction of sp³-hybridized carbons (Fsp3) is 0.692. The van der Waals surface area contributed by atoms with Gasteiger partial charge in [-0.2, -0.15) is 4.98 Å². The van der Waals surface area contributed by atoms with Crippen molar-refractivity contribution in [1.82, 2.24) is 14.9 Å². The lowest BCUT2D eigenvalue weighted by Crippen LogP contribution is -2.26. The van der Waals surface area contributed by atoms with Crippen LogP contribution < -0.4 is 10.3 Å². The maximum Gasteiger partial charge on any atom is 0.254 e. The van der Waals surface area contributed by atoms with Crippen LogP contribution in [0.25, 0.3) is 0 Å². The number of likely N-dealkylation sites (N-methyl/N-ethyl adjacent to an activating group) is 1.